The van der Waals surface area contributed by atoms with Crippen molar-refractivity contribution >= 4 is 51.8 Å². The number of nitrogens with one attached hydrogen (secondary N) is 1. The quantitative estimate of drug-likeness (QED) is 0.353. The van der Waals surface area contributed by atoms with Crippen molar-refractivity contribution in [2.45, 2.75) is 36.6 Å². The molecule has 1 unspecified atom stereocenters. The van der Waals surface area contributed by atoms with Gasteiger partial charge in [-0.05, 0) is 62.7 Å². The van der Waals surface area contributed by atoms with E-state index in [1.807, 2.05) is 13.0 Å². The van der Waals surface area contributed by atoms with Gasteiger partial charge in [-0.25, -0.2) is 4.98 Å². The fourth-order valence-corrected chi connectivity index (χ4v) is 5.52. The van der Waals surface area contributed by atoms with Gasteiger partial charge in [0.15, 0.2) is 5.16 Å². The average Bonchev–Trinajstić information content (AvgIpc) is 3.32. The van der Waals surface area contributed by atoms with Crippen LogP contribution in [0.2, 0.25) is 10.0 Å². The minimum Gasteiger partial charge on any atom is -0.354 e. The predicted molar refractivity (Wildman–Crippen MR) is 136 cm³/mol. The molecular weight excluding hydrogens is 479 g/mol. The van der Waals surface area contributed by atoms with Gasteiger partial charge in [-0.3, -0.25) is 14.2 Å². The van der Waals surface area contributed by atoms with E-state index in [4.69, 9.17) is 28.2 Å². The van der Waals surface area contributed by atoms with E-state index in [0.717, 1.165) is 19.6 Å². The topological polar surface area (TPSA) is 67.2 Å². The van der Waals surface area contributed by atoms with Gasteiger partial charge in [-0.15, -0.1) is 0 Å². The Morgan fingerprint density at radius 2 is 1.94 bits per heavy atom. The molecule has 9 heteroatoms. The van der Waals surface area contributed by atoms with Crippen LogP contribution in [0, 0.1) is 0 Å². The van der Waals surface area contributed by atoms with Gasteiger partial charge >= 0.3 is 0 Å². The van der Waals surface area contributed by atoms with Crippen molar-refractivity contribution in [2.24, 2.45) is 0 Å². The number of likely N-dealkylation sites (tertiary alicyclic amines) is 1. The third-order valence-electron chi connectivity index (χ3n) is 5.73. The summed E-state index contributed by atoms with van der Waals surface area (Å²) in [5.41, 5.74) is 0.823. The zero-order valence-corrected chi connectivity index (χ0v) is 20.7. The number of para-hydroxylation sites is 1. The summed E-state index contributed by atoms with van der Waals surface area (Å²) < 4.78 is 1.48. The molecule has 2 aromatic carbocycles. The predicted octanol–water partition coefficient (Wildman–Crippen LogP) is 4.78. The van der Waals surface area contributed by atoms with Gasteiger partial charge < -0.3 is 10.2 Å². The first-order valence-corrected chi connectivity index (χ1v) is 12.8. The van der Waals surface area contributed by atoms with E-state index >= 15 is 0 Å². The fourth-order valence-electron chi connectivity index (χ4n) is 3.97. The molecule has 0 aliphatic carbocycles. The highest BCUT2D eigenvalue weighted by Crippen LogP contribution is 2.30. The Morgan fingerprint density at radius 1 is 1.18 bits per heavy atom. The second-order valence-electron chi connectivity index (χ2n) is 8.00. The number of fused-ring (bicyclic) bond motifs is 1. The largest absolute Gasteiger partial charge is 0.354 e. The summed E-state index contributed by atoms with van der Waals surface area (Å²) >= 11 is 13.8. The van der Waals surface area contributed by atoms with Crippen LogP contribution < -0.4 is 10.9 Å². The smallest absolute Gasteiger partial charge is 0.266 e. The van der Waals surface area contributed by atoms with E-state index in [1.165, 1.54) is 29.2 Å². The van der Waals surface area contributed by atoms with E-state index in [2.05, 4.69) is 10.2 Å². The van der Waals surface area contributed by atoms with Gasteiger partial charge in [0, 0.05) is 18.1 Å². The van der Waals surface area contributed by atoms with Crippen LogP contribution in [-0.4, -0.2) is 51.8 Å². The first-order chi connectivity index (χ1) is 16.0. The number of aromatic nitrogens is 2. The molecule has 1 atom stereocenters. The van der Waals surface area contributed by atoms with Gasteiger partial charge in [-0.1, -0.05) is 54.0 Å². The van der Waals surface area contributed by atoms with Gasteiger partial charge in [0.1, 0.15) is 0 Å². The van der Waals surface area contributed by atoms with E-state index in [-0.39, 0.29) is 11.5 Å². The fraction of sp³-hybridized carbons (Fsp3) is 0.375. The molecule has 1 aliphatic heterocycles. The Bertz CT molecular complexity index is 1210. The monoisotopic (exact) mass is 504 g/mol. The normalized spacial score (nSPS) is 15.1. The summed E-state index contributed by atoms with van der Waals surface area (Å²) in [5, 5.41) is 4.37. The molecule has 0 saturated carbocycles. The summed E-state index contributed by atoms with van der Waals surface area (Å²) in [6, 6.07) is 12.1. The van der Waals surface area contributed by atoms with Crippen LogP contribution in [0.1, 0.15) is 26.2 Å². The first kappa shape index (κ1) is 24.1. The van der Waals surface area contributed by atoms with Crippen LogP contribution in [0.5, 0.6) is 0 Å². The molecule has 0 spiro atoms. The molecule has 2 heterocycles. The molecule has 4 rings (SSSR count). The highest BCUT2D eigenvalue weighted by molar-refractivity contribution is 8.00. The summed E-state index contributed by atoms with van der Waals surface area (Å²) in [6.45, 7) is 5.60. The summed E-state index contributed by atoms with van der Waals surface area (Å²) in [7, 11) is 0. The molecule has 174 valence electrons. The lowest BCUT2D eigenvalue weighted by Gasteiger charge is -2.20. The maximum atomic E-state index is 13.5. The van der Waals surface area contributed by atoms with Crippen LogP contribution in [0.25, 0.3) is 16.6 Å². The number of halogens is 2. The molecule has 0 bridgehead atoms. The van der Waals surface area contributed by atoms with E-state index in [9.17, 15) is 9.59 Å². The van der Waals surface area contributed by atoms with Crippen LogP contribution >= 0.6 is 35.0 Å². The van der Waals surface area contributed by atoms with Crippen molar-refractivity contribution in [3.05, 3.63) is 62.9 Å². The molecule has 1 saturated heterocycles. The van der Waals surface area contributed by atoms with Crippen molar-refractivity contribution in [3.63, 3.8) is 0 Å². The lowest BCUT2D eigenvalue weighted by molar-refractivity contribution is -0.120. The van der Waals surface area contributed by atoms with Crippen LogP contribution in [0.15, 0.2) is 52.4 Å². The van der Waals surface area contributed by atoms with Crippen LogP contribution in [0.4, 0.5) is 0 Å². The number of nitrogens with zero attached hydrogens (tertiary/aromatic N) is 3. The number of carbonyl (C=O) groups excluding carboxylic acids is 1. The number of thioether (sulfide) groups is 1. The Balaban J connectivity index is 1.65. The number of amides is 1. The van der Waals surface area contributed by atoms with Gasteiger partial charge in [0.05, 0.1) is 26.9 Å². The molecule has 1 N–H and O–H groups in total. The lowest BCUT2D eigenvalue weighted by atomic mass is 10.2. The minimum atomic E-state index is -0.394. The molecular formula is C24H26Cl2N4O2S. The maximum absolute atomic E-state index is 13.5. The minimum absolute atomic E-state index is 0.0575. The second kappa shape index (κ2) is 10.9. The number of hydrogen-bond donors (Lipinski definition) is 1. The van der Waals surface area contributed by atoms with Gasteiger partial charge in [0.25, 0.3) is 5.56 Å². The standard InChI is InChI=1S/C24H26Cl2N4O2S/c1-2-21(22(31)27-11-14-29-12-5-6-13-29)33-24-28-19-8-4-3-7-17(19)23(32)30(24)20-10-9-16(25)15-18(20)26/h3-4,7-10,15,21H,2,5-6,11-14H2,1H3,(H,27,31). The second-order valence-corrected chi connectivity index (χ2v) is 10.0. The first-order valence-electron chi connectivity index (χ1n) is 11.1. The Labute approximate surface area is 207 Å². The molecule has 3 aromatic rings. The van der Waals surface area contributed by atoms with E-state index in [0.29, 0.717) is 44.8 Å². The van der Waals surface area contributed by atoms with Crippen molar-refractivity contribution in [2.75, 3.05) is 26.2 Å². The van der Waals surface area contributed by atoms with Gasteiger partial charge in [0.2, 0.25) is 5.91 Å². The number of hydrogen-bond acceptors (Lipinski definition) is 5. The number of rotatable bonds is 8. The van der Waals surface area contributed by atoms with Crippen molar-refractivity contribution in [1.82, 2.24) is 19.8 Å². The number of carbonyl (C=O) groups is 1. The van der Waals surface area contributed by atoms with E-state index in [1.54, 1.807) is 36.4 Å². The summed E-state index contributed by atoms with van der Waals surface area (Å²) in [4.78, 5) is 33.5. The molecule has 1 fully saturated rings. The molecule has 1 amide bonds. The third-order valence-corrected chi connectivity index (χ3v) is 7.59. The molecule has 33 heavy (non-hydrogen) atoms. The van der Waals surface area contributed by atoms with Crippen LogP contribution in [0.3, 0.4) is 0 Å². The Morgan fingerprint density at radius 3 is 2.67 bits per heavy atom. The maximum Gasteiger partial charge on any atom is 0.266 e. The van der Waals surface area contributed by atoms with E-state index < -0.39 is 5.25 Å². The lowest BCUT2D eigenvalue weighted by Crippen LogP contribution is -2.38. The Kier molecular flexibility index (Phi) is 7.96. The summed E-state index contributed by atoms with van der Waals surface area (Å²) in [5.74, 6) is -0.0575. The van der Waals surface area contributed by atoms with Crippen molar-refractivity contribution in [1.29, 1.82) is 0 Å². The average molecular weight is 505 g/mol. The highest BCUT2D eigenvalue weighted by Gasteiger charge is 2.23. The van der Waals surface area contributed by atoms with Gasteiger partial charge in [-0.2, -0.15) is 0 Å². The molecule has 0 radical (unpaired) electrons. The molecule has 1 aromatic heterocycles. The molecule has 6 nitrogen and oxygen atoms in total. The third kappa shape index (κ3) is 5.54. The number of benzene rings is 2. The highest BCUT2D eigenvalue weighted by atomic mass is 35.5. The Hall–Kier alpha value is -2.06. The zero-order valence-electron chi connectivity index (χ0n) is 18.4. The van der Waals surface area contributed by atoms with Crippen LogP contribution in [-0.2, 0) is 4.79 Å². The summed E-state index contributed by atoms with van der Waals surface area (Å²) in [6.07, 6.45) is 3.04. The SMILES string of the molecule is CCC(Sc1nc2ccccc2c(=O)n1-c1ccc(Cl)cc1Cl)C(=O)NCCN1CCCC1. The van der Waals surface area contributed by atoms with Crippen molar-refractivity contribution in [3.8, 4) is 5.69 Å². The molecule has 1 aliphatic rings. The van der Waals surface area contributed by atoms with Crippen molar-refractivity contribution < 1.29 is 4.79 Å². The zero-order chi connectivity index (χ0) is 23.4.